The Labute approximate surface area is 119 Å². The highest BCUT2D eigenvalue weighted by Gasteiger charge is 2.35. The summed E-state index contributed by atoms with van der Waals surface area (Å²) in [6, 6.07) is 12.2. The van der Waals surface area contributed by atoms with Crippen LogP contribution >= 0.6 is 11.6 Å². The van der Waals surface area contributed by atoms with Gasteiger partial charge in [0, 0.05) is 5.56 Å². The van der Waals surface area contributed by atoms with E-state index in [1.54, 1.807) is 24.3 Å². The molecule has 0 aromatic heterocycles. The van der Waals surface area contributed by atoms with E-state index in [1.807, 2.05) is 6.07 Å². The quantitative estimate of drug-likeness (QED) is 0.528. The van der Waals surface area contributed by atoms with Crippen LogP contribution in [0, 0.1) is 5.82 Å². The summed E-state index contributed by atoms with van der Waals surface area (Å²) in [5, 5.41) is -0.847. The Balaban J connectivity index is 2.29. The van der Waals surface area contributed by atoms with Crippen LogP contribution in [0.2, 0.25) is 0 Å². The standard InChI is InChI=1S/C15H11ClF4/c16-13(9-10-5-2-1-3-6-10)11-7-4-8-12(14(11)17)15(18,19)20/h1-8,13H,9H2. The van der Waals surface area contributed by atoms with Crippen LogP contribution in [-0.2, 0) is 12.6 Å². The van der Waals surface area contributed by atoms with Crippen molar-refractivity contribution in [1.29, 1.82) is 0 Å². The van der Waals surface area contributed by atoms with Gasteiger partial charge in [0.25, 0.3) is 0 Å². The molecule has 0 spiro atoms. The predicted molar refractivity (Wildman–Crippen MR) is 70.1 cm³/mol. The minimum Gasteiger partial charge on any atom is -0.206 e. The zero-order chi connectivity index (χ0) is 14.8. The van der Waals surface area contributed by atoms with Gasteiger partial charge in [0.2, 0.25) is 0 Å². The number of rotatable bonds is 3. The second kappa shape index (κ2) is 5.83. The number of halogens is 5. The van der Waals surface area contributed by atoms with Gasteiger partial charge in [-0.25, -0.2) is 4.39 Å². The van der Waals surface area contributed by atoms with E-state index in [1.165, 1.54) is 12.1 Å². The van der Waals surface area contributed by atoms with E-state index in [9.17, 15) is 17.6 Å². The summed E-state index contributed by atoms with van der Waals surface area (Å²) >= 11 is 6.06. The van der Waals surface area contributed by atoms with Crippen molar-refractivity contribution in [2.75, 3.05) is 0 Å². The summed E-state index contributed by atoms with van der Waals surface area (Å²) < 4.78 is 51.8. The molecule has 0 saturated heterocycles. The topological polar surface area (TPSA) is 0 Å². The molecule has 0 nitrogen and oxygen atoms in total. The van der Waals surface area contributed by atoms with Crippen molar-refractivity contribution < 1.29 is 17.6 Å². The highest BCUT2D eigenvalue weighted by Crippen LogP contribution is 2.36. The van der Waals surface area contributed by atoms with Crippen LogP contribution in [0.5, 0.6) is 0 Å². The fourth-order valence-electron chi connectivity index (χ4n) is 1.94. The molecule has 0 radical (unpaired) electrons. The second-order valence-corrected chi connectivity index (χ2v) is 4.89. The molecule has 0 fully saturated rings. The molecular formula is C15H11ClF4. The van der Waals surface area contributed by atoms with Crippen molar-refractivity contribution >= 4 is 11.6 Å². The molecule has 0 aliphatic rings. The molecule has 2 aromatic carbocycles. The average Bonchev–Trinajstić information content (AvgIpc) is 2.38. The highest BCUT2D eigenvalue weighted by atomic mass is 35.5. The Morgan fingerprint density at radius 1 is 0.950 bits per heavy atom. The molecule has 0 saturated carbocycles. The monoisotopic (exact) mass is 302 g/mol. The third-order valence-electron chi connectivity index (χ3n) is 2.93. The van der Waals surface area contributed by atoms with E-state index in [2.05, 4.69) is 0 Å². The summed E-state index contributed by atoms with van der Waals surface area (Å²) in [5.41, 5.74) is -0.580. The van der Waals surface area contributed by atoms with Gasteiger partial charge in [-0.1, -0.05) is 42.5 Å². The largest absolute Gasteiger partial charge is 0.419 e. The van der Waals surface area contributed by atoms with E-state index < -0.39 is 22.9 Å². The van der Waals surface area contributed by atoms with Crippen molar-refractivity contribution in [2.45, 2.75) is 18.0 Å². The van der Waals surface area contributed by atoms with E-state index >= 15 is 0 Å². The van der Waals surface area contributed by atoms with Crippen LogP contribution < -0.4 is 0 Å². The first kappa shape index (κ1) is 14.9. The van der Waals surface area contributed by atoms with Gasteiger partial charge in [-0.2, -0.15) is 13.2 Å². The van der Waals surface area contributed by atoms with E-state index in [0.717, 1.165) is 5.56 Å². The van der Waals surface area contributed by atoms with E-state index in [4.69, 9.17) is 11.6 Å². The van der Waals surface area contributed by atoms with Gasteiger partial charge < -0.3 is 0 Å². The molecule has 0 heterocycles. The molecule has 0 aliphatic carbocycles. The summed E-state index contributed by atoms with van der Waals surface area (Å²) in [7, 11) is 0. The van der Waals surface area contributed by atoms with Gasteiger partial charge >= 0.3 is 6.18 Å². The Bertz CT molecular complexity index is 578. The smallest absolute Gasteiger partial charge is 0.206 e. The molecular weight excluding hydrogens is 292 g/mol. The van der Waals surface area contributed by atoms with Crippen molar-refractivity contribution in [1.82, 2.24) is 0 Å². The number of benzene rings is 2. The molecule has 1 unspecified atom stereocenters. The van der Waals surface area contributed by atoms with Crippen molar-refractivity contribution in [2.24, 2.45) is 0 Å². The van der Waals surface area contributed by atoms with Crippen LogP contribution in [0.25, 0.3) is 0 Å². The third kappa shape index (κ3) is 3.31. The first-order chi connectivity index (χ1) is 9.39. The van der Waals surface area contributed by atoms with Gasteiger partial charge in [-0.05, 0) is 18.1 Å². The normalized spacial score (nSPS) is 13.2. The summed E-state index contributed by atoms with van der Waals surface area (Å²) in [5.74, 6) is -1.30. The molecule has 0 aliphatic heterocycles. The first-order valence-electron chi connectivity index (χ1n) is 5.93. The maximum atomic E-state index is 13.9. The summed E-state index contributed by atoms with van der Waals surface area (Å²) in [4.78, 5) is 0. The SMILES string of the molecule is Fc1c(C(Cl)Cc2ccccc2)cccc1C(F)(F)F. The Hall–Kier alpha value is -1.55. The fourth-order valence-corrected chi connectivity index (χ4v) is 2.29. The first-order valence-corrected chi connectivity index (χ1v) is 6.37. The van der Waals surface area contributed by atoms with Crippen LogP contribution in [0.3, 0.4) is 0 Å². The Morgan fingerprint density at radius 3 is 2.20 bits per heavy atom. The molecule has 0 bridgehead atoms. The molecule has 0 N–H and O–H groups in total. The van der Waals surface area contributed by atoms with Crippen molar-refractivity contribution in [3.05, 3.63) is 71.0 Å². The summed E-state index contributed by atoms with van der Waals surface area (Å²) in [6.07, 6.45) is -4.45. The second-order valence-electron chi connectivity index (χ2n) is 4.36. The predicted octanol–water partition coefficient (Wildman–Crippen LogP) is 5.37. The Morgan fingerprint density at radius 2 is 1.60 bits per heavy atom. The minimum absolute atomic E-state index is 0.134. The lowest BCUT2D eigenvalue weighted by Crippen LogP contribution is -2.11. The lowest BCUT2D eigenvalue weighted by atomic mass is 10.0. The van der Waals surface area contributed by atoms with Crippen molar-refractivity contribution in [3.8, 4) is 0 Å². The van der Waals surface area contributed by atoms with E-state index in [0.29, 0.717) is 6.07 Å². The summed E-state index contributed by atoms with van der Waals surface area (Å²) in [6.45, 7) is 0. The molecule has 20 heavy (non-hydrogen) atoms. The zero-order valence-electron chi connectivity index (χ0n) is 10.3. The molecule has 1 atom stereocenters. The van der Waals surface area contributed by atoms with E-state index in [-0.39, 0.29) is 12.0 Å². The van der Waals surface area contributed by atoms with Gasteiger partial charge in [0.15, 0.2) is 0 Å². The molecule has 2 rings (SSSR count). The van der Waals surface area contributed by atoms with Crippen LogP contribution in [0.1, 0.15) is 22.1 Å². The number of alkyl halides is 4. The number of hydrogen-bond donors (Lipinski definition) is 0. The van der Waals surface area contributed by atoms with Crippen LogP contribution in [0.4, 0.5) is 17.6 Å². The lowest BCUT2D eigenvalue weighted by Gasteiger charge is -2.15. The maximum absolute atomic E-state index is 13.9. The molecule has 2 aromatic rings. The highest BCUT2D eigenvalue weighted by molar-refractivity contribution is 6.21. The van der Waals surface area contributed by atoms with Crippen LogP contribution in [-0.4, -0.2) is 0 Å². The van der Waals surface area contributed by atoms with Crippen LogP contribution in [0.15, 0.2) is 48.5 Å². The van der Waals surface area contributed by atoms with Gasteiger partial charge in [0.1, 0.15) is 5.82 Å². The van der Waals surface area contributed by atoms with Gasteiger partial charge in [-0.3, -0.25) is 0 Å². The Kier molecular flexibility index (Phi) is 4.33. The zero-order valence-corrected chi connectivity index (χ0v) is 11.0. The van der Waals surface area contributed by atoms with Gasteiger partial charge in [0.05, 0.1) is 10.9 Å². The average molecular weight is 303 g/mol. The van der Waals surface area contributed by atoms with Gasteiger partial charge in [-0.15, -0.1) is 11.6 Å². The fraction of sp³-hybridized carbons (Fsp3) is 0.200. The molecule has 106 valence electrons. The third-order valence-corrected chi connectivity index (χ3v) is 3.32. The maximum Gasteiger partial charge on any atom is 0.419 e. The molecule has 5 heteroatoms. The lowest BCUT2D eigenvalue weighted by molar-refractivity contribution is -0.140. The minimum atomic E-state index is -4.72. The van der Waals surface area contributed by atoms with Crippen molar-refractivity contribution in [3.63, 3.8) is 0 Å². The number of hydrogen-bond acceptors (Lipinski definition) is 0. The molecule has 0 amide bonds.